The van der Waals surface area contributed by atoms with Gasteiger partial charge in [0.15, 0.2) is 0 Å². The second kappa shape index (κ2) is 5.29. The Bertz CT molecular complexity index is 590. The van der Waals surface area contributed by atoms with Gasteiger partial charge in [-0.05, 0) is 24.0 Å². The molecule has 1 aromatic carbocycles. The highest BCUT2D eigenvalue weighted by Gasteiger charge is 2.46. The van der Waals surface area contributed by atoms with Gasteiger partial charge in [0, 0.05) is 0 Å². The van der Waals surface area contributed by atoms with Gasteiger partial charge in [0.05, 0.1) is 13.0 Å². The SMILES string of the molecule is O=C(O)Cc1ccccc1CN1C(=O)C2CCC(O2)C1=O. The van der Waals surface area contributed by atoms with Gasteiger partial charge in [0.1, 0.15) is 12.2 Å². The Morgan fingerprint density at radius 1 is 1.14 bits per heavy atom. The molecule has 0 radical (unpaired) electrons. The average molecular weight is 289 g/mol. The molecule has 0 aromatic heterocycles. The molecule has 2 amide bonds. The Morgan fingerprint density at radius 2 is 1.71 bits per heavy atom. The minimum absolute atomic E-state index is 0.109. The van der Waals surface area contributed by atoms with Crippen LogP contribution in [-0.4, -0.2) is 40.0 Å². The predicted octanol–water partition coefficient (Wildman–Crippen LogP) is 0.730. The van der Waals surface area contributed by atoms with E-state index >= 15 is 0 Å². The number of carbonyl (C=O) groups excluding carboxylic acids is 2. The quantitative estimate of drug-likeness (QED) is 0.826. The number of hydrogen-bond donors (Lipinski definition) is 1. The van der Waals surface area contributed by atoms with Crippen LogP contribution in [0.25, 0.3) is 0 Å². The summed E-state index contributed by atoms with van der Waals surface area (Å²) in [4.78, 5) is 36.5. The molecule has 3 rings (SSSR count). The fourth-order valence-electron chi connectivity index (χ4n) is 2.83. The Hall–Kier alpha value is -2.21. The summed E-state index contributed by atoms with van der Waals surface area (Å²) in [5.41, 5.74) is 1.30. The standard InChI is InChI=1S/C15H15NO5/c17-13(18)7-9-3-1-2-4-10(9)8-16-14(19)11-5-6-12(21-11)15(16)20/h1-4,11-12H,5-8H2,(H,17,18). The van der Waals surface area contributed by atoms with E-state index in [9.17, 15) is 14.4 Å². The first-order valence-electron chi connectivity index (χ1n) is 6.85. The fourth-order valence-corrected chi connectivity index (χ4v) is 2.83. The first-order chi connectivity index (χ1) is 10.1. The number of rotatable bonds is 4. The number of fused-ring (bicyclic) bond motifs is 2. The van der Waals surface area contributed by atoms with Gasteiger partial charge >= 0.3 is 5.97 Å². The van der Waals surface area contributed by atoms with Crippen molar-refractivity contribution in [3.8, 4) is 0 Å². The highest BCUT2D eigenvalue weighted by Crippen LogP contribution is 2.29. The van der Waals surface area contributed by atoms with Crippen LogP contribution < -0.4 is 0 Å². The lowest BCUT2D eigenvalue weighted by Crippen LogP contribution is -2.51. The maximum Gasteiger partial charge on any atom is 0.307 e. The zero-order valence-electron chi connectivity index (χ0n) is 11.3. The average Bonchev–Trinajstić information content (AvgIpc) is 2.90. The van der Waals surface area contributed by atoms with Crippen LogP contribution in [0.5, 0.6) is 0 Å². The Labute approximate surface area is 121 Å². The lowest BCUT2D eigenvalue weighted by Gasteiger charge is -2.30. The van der Waals surface area contributed by atoms with Crippen molar-refractivity contribution >= 4 is 17.8 Å². The van der Waals surface area contributed by atoms with Gasteiger partial charge in [-0.3, -0.25) is 19.3 Å². The molecular weight excluding hydrogens is 274 g/mol. The van der Waals surface area contributed by atoms with Gasteiger partial charge in [-0.2, -0.15) is 0 Å². The molecule has 2 fully saturated rings. The molecule has 2 unspecified atom stereocenters. The smallest absolute Gasteiger partial charge is 0.307 e. The topological polar surface area (TPSA) is 83.9 Å². The zero-order chi connectivity index (χ0) is 15.0. The first kappa shape index (κ1) is 13.8. The summed E-state index contributed by atoms with van der Waals surface area (Å²) in [6.45, 7) is 0.109. The van der Waals surface area contributed by atoms with Crippen molar-refractivity contribution in [1.82, 2.24) is 4.90 Å². The van der Waals surface area contributed by atoms with Gasteiger partial charge in [-0.1, -0.05) is 24.3 Å². The third kappa shape index (κ3) is 2.54. The molecule has 2 bridgehead atoms. The summed E-state index contributed by atoms with van der Waals surface area (Å²) >= 11 is 0. The van der Waals surface area contributed by atoms with E-state index in [-0.39, 0.29) is 24.8 Å². The molecule has 2 aliphatic heterocycles. The van der Waals surface area contributed by atoms with Gasteiger partial charge < -0.3 is 9.84 Å². The van der Waals surface area contributed by atoms with Crippen LogP contribution in [0.4, 0.5) is 0 Å². The van der Waals surface area contributed by atoms with Crippen molar-refractivity contribution < 1.29 is 24.2 Å². The Kier molecular flexibility index (Phi) is 3.47. The monoisotopic (exact) mass is 289 g/mol. The number of carboxylic acid groups (broad SMARTS) is 1. The molecule has 6 heteroatoms. The second-order valence-corrected chi connectivity index (χ2v) is 5.29. The van der Waals surface area contributed by atoms with Crippen LogP contribution in [0, 0.1) is 0 Å². The molecule has 0 spiro atoms. The summed E-state index contributed by atoms with van der Waals surface area (Å²) in [6.07, 6.45) is -0.0421. The zero-order valence-corrected chi connectivity index (χ0v) is 11.3. The molecule has 0 aliphatic carbocycles. The number of carbonyl (C=O) groups is 3. The fraction of sp³-hybridized carbons (Fsp3) is 0.400. The van der Waals surface area contributed by atoms with E-state index in [0.29, 0.717) is 24.0 Å². The van der Waals surface area contributed by atoms with Crippen LogP contribution in [-0.2, 0) is 32.1 Å². The lowest BCUT2D eigenvalue weighted by atomic mass is 10.0. The minimum Gasteiger partial charge on any atom is -0.481 e. The number of amides is 2. The Morgan fingerprint density at radius 3 is 2.29 bits per heavy atom. The van der Waals surface area contributed by atoms with E-state index < -0.39 is 18.2 Å². The van der Waals surface area contributed by atoms with Crippen LogP contribution in [0.2, 0.25) is 0 Å². The molecule has 2 saturated heterocycles. The summed E-state index contributed by atoms with van der Waals surface area (Å²) < 4.78 is 5.35. The Balaban J connectivity index is 1.85. The van der Waals surface area contributed by atoms with E-state index in [1.165, 1.54) is 4.90 Å². The van der Waals surface area contributed by atoms with Crippen molar-refractivity contribution in [2.24, 2.45) is 0 Å². The van der Waals surface area contributed by atoms with E-state index in [4.69, 9.17) is 9.84 Å². The molecule has 2 heterocycles. The van der Waals surface area contributed by atoms with E-state index in [2.05, 4.69) is 0 Å². The third-order valence-corrected chi connectivity index (χ3v) is 3.89. The second-order valence-electron chi connectivity index (χ2n) is 5.29. The molecule has 110 valence electrons. The van der Waals surface area contributed by atoms with Crippen molar-refractivity contribution in [3.63, 3.8) is 0 Å². The largest absolute Gasteiger partial charge is 0.481 e. The van der Waals surface area contributed by atoms with E-state index in [0.717, 1.165) is 0 Å². The van der Waals surface area contributed by atoms with E-state index in [1.807, 2.05) is 0 Å². The van der Waals surface area contributed by atoms with Crippen molar-refractivity contribution in [3.05, 3.63) is 35.4 Å². The molecular formula is C15H15NO5. The number of benzene rings is 1. The number of nitrogens with zero attached hydrogens (tertiary/aromatic N) is 1. The molecule has 0 saturated carbocycles. The number of carboxylic acids is 1. The molecule has 1 aromatic rings. The maximum absolute atomic E-state index is 12.2. The van der Waals surface area contributed by atoms with E-state index in [1.54, 1.807) is 24.3 Å². The third-order valence-electron chi connectivity index (χ3n) is 3.89. The molecule has 2 aliphatic rings. The normalized spacial score (nSPS) is 24.5. The van der Waals surface area contributed by atoms with Gasteiger partial charge in [-0.15, -0.1) is 0 Å². The predicted molar refractivity (Wildman–Crippen MR) is 71.2 cm³/mol. The van der Waals surface area contributed by atoms with Gasteiger partial charge in [0.25, 0.3) is 11.8 Å². The number of aliphatic carboxylic acids is 1. The highest BCUT2D eigenvalue weighted by molar-refractivity contribution is 6.02. The minimum atomic E-state index is -0.942. The highest BCUT2D eigenvalue weighted by atomic mass is 16.5. The van der Waals surface area contributed by atoms with Crippen LogP contribution in [0.3, 0.4) is 0 Å². The number of morpholine rings is 1. The maximum atomic E-state index is 12.2. The number of hydrogen-bond acceptors (Lipinski definition) is 4. The van der Waals surface area contributed by atoms with Gasteiger partial charge in [-0.25, -0.2) is 0 Å². The summed E-state index contributed by atoms with van der Waals surface area (Å²) in [5, 5.41) is 8.93. The number of likely N-dealkylation sites (tertiary alicyclic amines) is 1. The van der Waals surface area contributed by atoms with Crippen molar-refractivity contribution in [1.29, 1.82) is 0 Å². The summed E-state index contributed by atoms with van der Waals surface area (Å²) in [7, 11) is 0. The van der Waals surface area contributed by atoms with Crippen LogP contribution in [0.15, 0.2) is 24.3 Å². The summed E-state index contributed by atoms with van der Waals surface area (Å²) in [6, 6.07) is 6.96. The number of imide groups is 1. The number of ether oxygens (including phenoxy) is 1. The van der Waals surface area contributed by atoms with Crippen molar-refractivity contribution in [2.45, 2.75) is 38.0 Å². The van der Waals surface area contributed by atoms with Crippen LogP contribution in [0.1, 0.15) is 24.0 Å². The molecule has 1 N–H and O–H groups in total. The summed E-state index contributed by atoms with van der Waals surface area (Å²) in [5.74, 6) is -1.58. The lowest BCUT2D eigenvalue weighted by molar-refractivity contribution is -0.169. The van der Waals surface area contributed by atoms with Crippen molar-refractivity contribution in [2.75, 3.05) is 0 Å². The van der Waals surface area contributed by atoms with Crippen LogP contribution >= 0.6 is 0 Å². The van der Waals surface area contributed by atoms with Gasteiger partial charge in [0.2, 0.25) is 0 Å². The molecule has 21 heavy (non-hydrogen) atoms. The molecule has 6 nitrogen and oxygen atoms in total. The molecule has 2 atom stereocenters. The first-order valence-corrected chi connectivity index (χ1v) is 6.85.